The van der Waals surface area contributed by atoms with Gasteiger partial charge in [-0.1, -0.05) is 37.5 Å². The molecule has 0 amide bonds. The Morgan fingerprint density at radius 1 is 1.47 bits per heavy atom. The fourth-order valence-corrected chi connectivity index (χ4v) is 2.38. The normalized spacial score (nSPS) is 15.7. The lowest BCUT2D eigenvalue weighted by molar-refractivity contribution is 0.323. The van der Waals surface area contributed by atoms with E-state index in [0.717, 1.165) is 36.5 Å². The molecular weight excluding hydrogens is 234 g/mol. The predicted octanol–water partition coefficient (Wildman–Crippen LogP) is 3.45. The minimum absolute atomic E-state index is 0.878. The molecule has 0 saturated heterocycles. The van der Waals surface area contributed by atoms with Gasteiger partial charge in [0.2, 0.25) is 0 Å². The summed E-state index contributed by atoms with van der Waals surface area (Å²) in [5, 5.41) is 7.65. The van der Waals surface area contributed by atoms with Crippen LogP contribution in [-0.2, 0) is 13.0 Å². The van der Waals surface area contributed by atoms with Crippen LogP contribution in [0.15, 0.2) is 43.2 Å². The third-order valence-corrected chi connectivity index (χ3v) is 3.39. The topological polar surface area (TPSA) is 31.9 Å². The maximum atomic E-state index is 4.48. The maximum Gasteiger partial charge on any atom is 0.0973 e. The number of aromatic amines is 1. The van der Waals surface area contributed by atoms with Crippen LogP contribution in [0.25, 0.3) is 5.57 Å². The summed E-state index contributed by atoms with van der Waals surface area (Å²) < 4.78 is 0. The average molecular weight is 255 g/mol. The first-order valence-corrected chi connectivity index (χ1v) is 6.59. The molecule has 0 unspecified atom stereocenters. The van der Waals surface area contributed by atoms with Crippen LogP contribution in [0.4, 0.5) is 0 Å². The molecule has 1 N–H and O–H groups in total. The summed E-state index contributed by atoms with van der Waals surface area (Å²) in [4.78, 5) is 2.29. The van der Waals surface area contributed by atoms with Gasteiger partial charge >= 0.3 is 0 Å². The van der Waals surface area contributed by atoms with Crippen molar-refractivity contribution in [1.82, 2.24) is 15.1 Å². The first-order chi connectivity index (χ1) is 9.17. The average Bonchev–Trinajstić information content (AvgIpc) is 2.81. The molecular formula is C16H21N3. The minimum atomic E-state index is 0.878. The highest BCUT2D eigenvalue weighted by Gasteiger charge is 2.22. The lowest BCUT2D eigenvalue weighted by atomic mass is 10.00. The molecule has 0 saturated carbocycles. The molecule has 100 valence electrons. The van der Waals surface area contributed by atoms with Gasteiger partial charge in [0.1, 0.15) is 0 Å². The van der Waals surface area contributed by atoms with Gasteiger partial charge in [-0.2, -0.15) is 5.10 Å². The molecule has 0 spiro atoms. The van der Waals surface area contributed by atoms with Crippen LogP contribution in [0.2, 0.25) is 0 Å². The Labute approximate surface area is 115 Å². The molecule has 1 aromatic rings. The minimum Gasteiger partial charge on any atom is -0.371 e. The van der Waals surface area contributed by atoms with Gasteiger partial charge in [0.25, 0.3) is 0 Å². The number of hydrogen-bond acceptors (Lipinski definition) is 2. The van der Waals surface area contributed by atoms with E-state index in [1.54, 1.807) is 6.08 Å². The number of allylic oxidation sites excluding steroid dienone is 6. The highest BCUT2D eigenvalue weighted by atomic mass is 15.2. The molecule has 1 aromatic heterocycles. The Morgan fingerprint density at radius 2 is 2.26 bits per heavy atom. The number of nitrogens with zero attached hydrogens (tertiary/aromatic N) is 2. The van der Waals surface area contributed by atoms with Gasteiger partial charge in [0, 0.05) is 42.0 Å². The molecule has 0 radical (unpaired) electrons. The summed E-state index contributed by atoms with van der Waals surface area (Å²) in [6.07, 6.45) is 8.88. The lowest BCUT2D eigenvalue weighted by Crippen LogP contribution is -2.28. The smallest absolute Gasteiger partial charge is 0.0973 e. The summed E-state index contributed by atoms with van der Waals surface area (Å²) >= 11 is 0. The number of nitrogens with one attached hydrogen (secondary N) is 1. The number of fused-ring (bicyclic) bond motifs is 1. The van der Waals surface area contributed by atoms with Gasteiger partial charge < -0.3 is 4.90 Å². The van der Waals surface area contributed by atoms with Crippen molar-refractivity contribution in [3.63, 3.8) is 0 Å². The van der Waals surface area contributed by atoms with Crippen LogP contribution in [0.1, 0.15) is 30.8 Å². The zero-order chi connectivity index (χ0) is 13.8. The lowest BCUT2D eigenvalue weighted by Gasteiger charge is -2.29. The Morgan fingerprint density at radius 3 is 2.89 bits per heavy atom. The molecule has 0 fully saturated rings. The van der Waals surface area contributed by atoms with Gasteiger partial charge in [-0.25, -0.2) is 0 Å². The van der Waals surface area contributed by atoms with Crippen LogP contribution in [-0.4, -0.2) is 21.6 Å². The van der Waals surface area contributed by atoms with E-state index in [9.17, 15) is 0 Å². The molecule has 0 aromatic carbocycles. The van der Waals surface area contributed by atoms with E-state index >= 15 is 0 Å². The number of aromatic nitrogens is 2. The van der Waals surface area contributed by atoms with E-state index in [0.29, 0.717) is 0 Å². The molecule has 0 aliphatic carbocycles. The number of H-pyrrole nitrogens is 1. The zero-order valence-corrected chi connectivity index (χ0v) is 11.7. The van der Waals surface area contributed by atoms with E-state index < -0.39 is 0 Å². The predicted molar refractivity (Wildman–Crippen MR) is 80.5 cm³/mol. The quantitative estimate of drug-likeness (QED) is 0.836. The second kappa shape index (κ2) is 5.74. The van der Waals surface area contributed by atoms with Crippen molar-refractivity contribution in [3.05, 3.63) is 60.1 Å². The van der Waals surface area contributed by atoms with E-state index in [4.69, 9.17) is 0 Å². The molecule has 2 rings (SSSR count). The largest absolute Gasteiger partial charge is 0.371 e. The van der Waals surface area contributed by atoms with Gasteiger partial charge in [0.15, 0.2) is 0 Å². The van der Waals surface area contributed by atoms with E-state index in [2.05, 4.69) is 41.3 Å². The molecule has 1 aliphatic heterocycles. The SMILES string of the molecule is C=C/C=C(\C=C/C)c1n[nH]c2c1CN(C(=C)C)CC2. The highest BCUT2D eigenvalue weighted by Crippen LogP contribution is 2.27. The standard InChI is InChI=1S/C16H21N3/c1-5-7-13(8-6-2)16-14-11-19(12(3)4)10-9-15(14)17-18-16/h5-8H,1,3,9-11H2,2,4H3,(H,17,18)/b8-6-,13-7+. The van der Waals surface area contributed by atoms with Crippen molar-refractivity contribution in [2.24, 2.45) is 0 Å². The summed E-state index contributed by atoms with van der Waals surface area (Å²) in [7, 11) is 0. The summed E-state index contributed by atoms with van der Waals surface area (Å²) in [5.74, 6) is 0. The summed E-state index contributed by atoms with van der Waals surface area (Å²) in [6, 6.07) is 0. The maximum absolute atomic E-state index is 4.48. The van der Waals surface area contributed by atoms with Crippen LogP contribution in [0.5, 0.6) is 0 Å². The summed E-state index contributed by atoms with van der Waals surface area (Å²) in [6.45, 7) is 13.8. The molecule has 2 heterocycles. The van der Waals surface area contributed by atoms with E-state index in [-0.39, 0.29) is 0 Å². The van der Waals surface area contributed by atoms with Gasteiger partial charge in [-0.05, 0) is 13.8 Å². The van der Waals surface area contributed by atoms with Crippen molar-refractivity contribution in [3.8, 4) is 0 Å². The molecule has 0 bridgehead atoms. The third-order valence-electron chi connectivity index (χ3n) is 3.39. The van der Waals surface area contributed by atoms with Crippen LogP contribution in [0, 0.1) is 0 Å². The molecule has 3 nitrogen and oxygen atoms in total. The highest BCUT2D eigenvalue weighted by molar-refractivity contribution is 5.75. The van der Waals surface area contributed by atoms with Gasteiger partial charge in [-0.3, -0.25) is 5.10 Å². The van der Waals surface area contributed by atoms with Crippen molar-refractivity contribution in [2.45, 2.75) is 26.8 Å². The molecule has 19 heavy (non-hydrogen) atoms. The molecule has 3 heteroatoms. The second-order valence-electron chi connectivity index (χ2n) is 4.79. The van der Waals surface area contributed by atoms with Crippen molar-refractivity contribution in [2.75, 3.05) is 6.54 Å². The first-order valence-electron chi connectivity index (χ1n) is 6.59. The molecule has 0 atom stereocenters. The fraction of sp³-hybridized carbons (Fsp3) is 0.312. The Bertz CT molecular complexity index is 546. The van der Waals surface area contributed by atoms with E-state index in [1.165, 1.54) is 11.3 Å². The number of rotatable bonds is 4. The van der Waals surface area contributed by atoms with Crippen LogP contribution in [0.3, 0.4) is 0 Å². The van der Waals surface area contributed by atoms with Crippen LogP contribution >= 0.6 is 0 Å². The number of hydrogen-bond donors (Lipinski definition) is 1. The van der Waals surface area contributed by atoms with Gasteiger partial charge in [0.05, 0.1) is 5.69 Å². The van der Waals surface area contributed by atoms with Crippen molar-refractivity contribution < 1.29 is 0 Å². The Hall–Kier alpha value is -2.03. The summed E-state index contributed by atoms with van der Waals surface area (Å²) in [5.41, 5.74) is 5.75. The van der Waals surface area contributed by atoms with Gasteiger partial charge in [-0.15, -0.1) is 0 Å². The molecule has 1 aliphatic rings. The van der Waals surface area contributed by atoms with Crippen molar-refractivity contribution in [1.29, 1.82) is 0 Å². The fourth-order valence-electron chi connectivity index (χ4n) is 2.38. The second-order valence-corrected chi connectivity index (χ2v) is 4.79. The van der Waals surface area contributed by atoms with Crippen LogP contribution < -0.4 is 0 Å². The first kappa shape index (κ1) is 13.4. The van der Waals surface area contributed by atoms with E-state index in [1.807, 2.05) is 19.1 Å². The zero-order valence-electron chi connectivity index (χ0n) is 11.7. The van der Waals surface area contributed by atoms with Crippen molar-refractivity contribution >= 4 is 5.57 Å². The monoisotopic (exact) mass is 255 g/mol. The third kappa shape index (κ3) is 2.70. The Kier molecular flexibility index (Phi) is 4.05. The Balaban J connectivity index is 2.39.